The van der Waals surface area contributed by atoms with Gasteiger partial charge in [-0.1, -0.05) is 22.8 Å². The average molecular weight is 302 g/mol. The first-order chi connectivity index (χ1) is 9.24. The number of anilines is 1. The van der Waals surface area contributed by atoms with Crippen molar-refractivity contribution in [2.24, 2.45) is 0 Å². The third kappa shape index (κ3) is 3.52. The van der Waals surface area contributed by atoms with Crippen LogP contribution < -0.4 is 10.1 Å². The quantitative estimate of drug-likeness (QED) is 0.831. The molecule has 102 valence electrons. The molecule has 19 heavy (non-hydrogen) atoms. The summed E-state index contributed by atoms with van der Waals surface area (Å²) in [5.74, 6) is 1.66. The van der Waals surface area contributed by atoms with E-state index in [1.165, 1.54) is 0 Å². The van der Waals surface area contributed by atoms with Gasteiger partial charge in [-0.25, -0.2) is 0 Å². The number of aromatic nitrogens is 2. The first kappa shape index (κ1) is 14.0. The summed E-state index contributed by atoms with van der Waals surface area (Å²) in [4.78, 5) is 0. The van der Waals surface area contributed by atoms with Gasteiger partial charge < -0.3 is 14.5 Å². The number of alkyl halides is 1. The van der Waals surface area contributed by atoms with E-state index in [-0.39, 0.29) is 0 Å². The van der Waals surface area contributed by atoms with Crippen LogP contribution in [0.1, 0.15) is 11.5 Å². The van der Waals surface area contributed by atoms with Gasteiger partial charge in [-0.15, -0.1) is 16.7 Å². The lowest BCUT2D eigenvalue weighted by atomic mass is 10.2. The molecule has 1 N–H and O–H groups in total. The number of hydrogen-bond acceptors (Lipinski definition) is 5. The second kappa shape index (κ2) is 6.63. The third-order valence-electron chi connectivity index (χ3n) is 2.49. The van der Waals surface area contributed by atoms with Crippen molar-refractivity contribution in [2.75, 3.05) is 18.3 Å². The molecular weight excluding hydrogens is 289 g/mol. The molecule has 0 atom stereocenters. The van der Waals surface area contributed by atoms with E-state index in [1.54, 1.807) is 13.2 Å². The van der Waals surface area contributed by atoms with Crippen LogP contribution in [-0.2, 0) is 13.0 Å². The van der Waals surface area contributed by atoms with Gasteiger partial charge >= 0.3 is 6.01 Å². The first-order valence-corrected chi connectivity index (χ1v) is 6.59. The van der Waals surface area contributed by atoms with Gasteiger partial charge in [0.1, 0.15) is 5.75 Å². The summed E-state index contributed by atoms with van der Waals surface area (Å²) in [6.07, 6.45) is 0.547. The van der Waals surface area contributed by atoms with E-state index in [1.807, 2.05) is 12.1 Å². The fraction of sp³-hybridized carbons (Fsp3) is 0.333. The second-order valence-electron chi connectivity index (χ2n) is 3.71. The normalized spacial score (nSPS) is 10.5. The highest BCUT2D eigenvalue weighted by Crippen LogP contribution is 2.26. The molecule has 0 aliphatic heterocycles. The zero-order chi connectivity index (χ0) is 13.7. The van der Waals surface area contributed by atoms with E-state index in [0.717, 1.165) is 5.56 Å². The molecule has 1 heterocycles. The fourth-order valence-corrected chi connectivity index (χ4v) is 1.97. The SMILES string of the molecule is COc1cccc(Cl)c1CNc1nnc(CCCl)o1. The van der Waals surface area contributed by atoms with Crippen LogP contribution in [-0.4, -0.2) is 23.2 Å². The van der Waals surface area contributed by atoms with E-state index in [4.69, 9.17) is 32.4 Å². The number of aryl methyl sites for hydroxylation is 1. The Bertz CT molecular complexity index is 546. The Balaban J connectivity index is 2.05. The van der Waals surface area contributed by atoms with Crippen molar-refractivity contribution in [1.82, 2.24) is 10.2 Å². The van der Waals surface area contributed by atoms with Gasteiger partial charge in [0.2, 0.25) is 5.89 Å². The van der Waals surface area contributed by atoms with Crippen molar-refractivity contribution >= 4 is 29.2 Å². The van der Waals surface area contributed by atoms with Crippen LogP contribution in [0.15, 0.2) is 22.6 Å². The Hall–Kier alpha value is -1.46. The second-order valence-corrected chi connectivity index (χ2v) is 4.50. The molecule has 2 rings (SSSR count). The Kier molecular flexibility index (Phi) is 4.87. The van der Waals surface area contributed by atoms with Crippen molar-refractivity contribution < 1.29 is 9.15 Å². The molecule has 0 aliphatic carbocycles. The summed E-state index contributed by atoms with van der Waals surface area (Å²) in [5, 5.41) is 11.3. The van der Waals surface area contributed by atoms with E-state index in [0.29, 0.717) is 41.5 Å². The molecule has 0 saturated heterocycles. The van der Waals surface area contributed by atoms with Crippen molar-refractivity contribution in [1.29, 1.82) is 0 Å². The Labute approximate surface area is 120 Å². The third-order valence-corrected chi connectivity index (χ3v) is 3.03. The summed E-state index contributed by atoms with van der Waals surface area (Å²) in [5.41, 5.74) is 0.837. The van der Waals surface area contributed by atoms with Crippen LogP contribution >= 0.6 is 23.2 Å². The van der Waals surface area contributed by atoms with Gasteiger partial charge in [0.05, 0.1) is 7.11 Å². The fourth-order valence-electron chi connectivity index (χ4n) is 1.57. The topological polar surface area (TPSA) is 60.2 Å². The molecular formula is C12H13Cl2N3O2. The predicted molar refractivity (Wildman–Crippen MR) is 74.1 cm³/mol. The summed E-state index contributed by atoms with van der Waals surface area (Å²) >= 11 is 11.7. The molecule has 0 radical (unpaired) electrons. The minimum Gasteiger partial charge on any atom is -0.496 e. The predicted octanol–water partition coefficient (Wildman–Crippen LogP) is 3.13. The lowest BCUT2D eigenvalue weighted by molar-refractivity contribution is 0.410. The molecule has 1 aromatic carbocycles. The Morgan fingerprint density at radius 2 is 2.21 bits per heavy atom. The molecule has 0 saturated carbocycles. The van der Waals surface area contributed by atoms with Crippen LogP contribution in [0.2, 0.25) is 5.02 Å². The number of hydrogen-bond donors (Lipinski definition) is 1. The monoisotopic (exact) mass is 301 g/mol. The summed E-state index contributed by atoms with van der Waals surface area (Å²) in [6.45, 7) is 0.436. The standard InChI is InChI=1S/C12H13Cl2N3O2/c1-18-10-4-2-3-9(14)8(10)7-15-12-17-16-11(19-12)5-6-13/h2-4H,5-7H2,1H3,(H,15,17). The minimum atomic E-state index is 0.335. The molecule has 7 heteroatoms. The molecule has 0 amide bonds. The molecule has 0 fully saturated rings. The lowest BCUT2D eigenvalue weighted by Gasteiger charge is -2.09. The number of rotatable bonds is 6. The van der Waals surface area contributed by atoms with Crippen LogP contribution in [0.3, 0.4) is 0 Å². The molecule has 1 aromatic heterocycles. The zero-order valence-corrected chi connectivity index (χ0v) is 11.8. The number of benzene rings is 1. The number of ether oxygens (including phenoxy) is 1. The van der Waals surface area contributed by atoms with Crippen molar-refractivity contribution in [2.45, 2.75) is 13.0 Å². The van der Waals surface area contributed by atoms with Gasteiger partial charge in [-0.05, 0) is 12.1 Å². The van der Waals surface area contributed by atoms with Gasteiger partial charge in [-0.3, -0.25) is 0 Å². The van der Waals surface area contributed by atoms with Crippen LogP contribution in [0, 0.1) is 0 Å². The molecule has 2 aromatic rings. The number of methoxy groups -OCH3 is 1. The Morgan fingerprint density at radius 1 is 1.37 bits per heavy atom. The lowest BCUT2D eigenvalue weighted by Crippen LogP contribution is -2.02. The minimum absolute atomic E-state index is 0.335. The highest BCUT2D eigenvalue weighted by molar-refractivity contribution is 6.31. The maximum absolute atomic E-state index is 6.13. The van der Waals surface area contributed by atoms with Crippen molar-refractivity contribution in [3.8, 4) is 5.75 Å². The molecule has 0 bridgehead atoms. The summed E-state index contributed by atoms with van der Waals surface area (Å²) < 4.78 is 10.6. The van der Waals surface area contributed by atoms with E-state index in [2.05, 4.69) is 15.5 Å². The van der Waals surface area contributed by atoms with Crippen molar-refractivity contribution in [3.05, 3.63) is 34.7 Å². The Morgan fingerprint density at radius 3 is 2.95 bits per heavy atom. The van der Waals surface area contributed by atoms with Crippen LogP contribution in [0.25, 0.3) is 0 Å². The van der Waals surface area contributed by atoms with Gasteiger partial charge in [0, 0.05) is 29.4 Å². The first-order valence-electron chi connectivity index (χ1n) is 5.68. The number of halogens is 2. The molecule has 5 nitrogen and oxygen atoms in total. The number of nitrogens with one attached hydrogen (secondary N) is 1. The summed E-state index contributed by atoms with van der Waals surface area (Å²) in [7, 11) is 1.60. The zero-order valence-electron chi connectivity index (χ0n) is 10.3. The smallest absolute Gasteiger partial charge is 0.315 e. The van der Waals surface area contributed by atoms with E-state index < -0.39 is 0 Å². The highest BCUT2D eigenvalue weighted by Gasteiger charge is 2.10. The van der Waals surface area contributed by atoms with Crippen LogP contribution in [0.5, 0.6) is 5.75 Å². The maximum atomic E-state index is 6.13. The maximum Gasteiger partial charge on any atom is 0.315 e. The van der Waals surface area contributed by atoms with Gasteiger partial charge in [-0.2, -0.15) is 0 Å². The van der Waals surface area contributed by atoms with Crippen LogP contribution in [0.4, 0.5) is 6.01 Å². The van der Waals surface area contributed by atoms with E-state index in [9.17, 15) is 0 Å². The summed E-state index contributed by atoms with van der Waals surface area (Å²) in [6, 6.07) is 5.81. The molecule has 0 spiro atoms. The van der Waals surface area contributed by atoms with E-state index >= 15 is 0 Å². The molecule has 0 aliphatic rings. The average Bonchev–Trinajstić information content (AvgIpc) is 2.85. The van der Waals surface area contributed by atoms with Gasteiger partial charge in [0.15, 0.2) is 0 Å². The van der Waals surface area contributed by atoms with Gasteiger partial charge in [0.25, 0.3) is 0 Å². The highest BCUT2D eigenvalue weighted by atomic mass is 35.5. The molecule has 0 unspecified atom stereocenters. The van der Waals surface area contributed by atoms with Crippen molar-refractivity contribution in [3.63, 3.8) is 0 Å². The largest absolute Gasteiger partial charge is 0.496 e. The number of nitrogens with zero attached hydrogens (tertiary/aromatic N) is 2.